The number of hydrogen-bond acceptors (Lipinski definition) is 5. The lowest BCUT2D eigenvalue weighted by molar-refractivity contribution is 0.0937. The standard InChI is InChI=1S/C23H29N3O4S/c27-23(25-20-12-13-26(17-20)16-18-5-2-1-3-6-18)19-8-10-22(11-9-19)31(28,29)24-15-21-7-4-14-30-21/h1-3,5-6,8-11,20-21,24H,4,7,12-17H2,(H,25,27). The van der Waals surface area contributed by atoms with Crippen LogP contribution in [0.1, 0.15) is 35.2 Å². The number of benzene rings is 2. The lowest BCUT2D eigenvalue weighted by Gasteiger charge is -2.17. The van der Waals surface area contributed by atoms with Crippen molar-refractivity contribution in [3.63, 3.8) is 0 Å². The van der Waals surface area contributed by atoms with Gasteiger partial charge in [-0.3, -0.25) is 9.69 Å². The molecule has 2 aromatic rings. The molecule has 2 saturated heterocycles. The molecule has 2 aromatic carbocycles. The molecule has 166 valence electrons. The zero-order chi connectivity index (χ0) is 21.7. The van der Waals surface area contributed by atoms with Crippen LogP contribution in [0.2, 0.25) is 0 Å². The monoisotopic (exact) mass is 443 g/mol. The Labute approximate surface area is 183 Å². The Morgan fingerprint density at radius 1 is 1.06 bits per heavy atom. The van der Waals surface area contributed by atoms with Crippen LogP contribution in [-0.2, 0) is 21.3 Å². The number of hydrogen-bond donors (Lipinski definition) is 2. The number of carbonyl (C=O) groups is 1. The highest BCUT2D eigenvalue weighted by Crippen LogP contribution is 2.16. The van der Waals surface area contributed by atoms with Gasteiger partial charge in [0.05, 0.1) is 11.0 Å². The molecule has 0 aliphatic carbocycles. The third-order valence-corrected chi connectivity index (χ3v) is 7.25. The number of rotatable bonds is 8. The smallest absolute Gasteiger partial charge is 0.251 e. The highest BCUT2D eigenvalue weighted by Gasteiger charge is 2.25. The average molecular weight is 444 g/mol. The van der Waals surface area contributed by atoms with Crippen LogP contribution in [0.15, 0.2) is 59.5 Å². The minimum atomic E-state index is -3.62. The minimum Gasteiger partial charge on any atom is -0.377 e. The Bertz CT molecular complexity index is 974. The Balaban J connectivity index is 1.28. The molecule has 0 spiro atoms. The van der Waals surface area contributed by atoms with Crippen LogP contribution in [-0.4, -0.2) is 57.6 Å². The van der Waals surface area contributed by atoms with E-state index in [1.54, 1.807) is 12.1 Å². The second-order valence-electron chi connectivity index (χ2n) is 8.19. The fraction of sp³-hybridized carbons (Fsp3) is 0.435. The lowest BCUT2D eigenvalue weighted by Crippen LogP contribution is -2.37. The number of carbonyl (C=O) groups excluding carboxylic acids is 1. The van der Waals surface area contributed by atoms with E-state index in [0.717, 1.165) is 38.9 Å². The molecule has 2 N–H and O–H groups in total. The summed E-state index contributed by atoms with van der Waals surface area (Å²) in [7, 11) is -3.62. The maximum atomic E-state index is 12.6. The quantitative estimate of drug-likeness (QED) is 0.653. The second kappa shape index (κ2) is 9.91. The predicted molar refractivity (Wildman–Crippen MR) is 118 cm³/mol. The summed E-state index contributed by atoms with van der Waals surface area (Å²) in [6.45, 7) is 3.57. The second-order valence-corrected chi connectivity index (χ2v) is 9.96. The van der Waals surface area contributed by atoms with Crippen LogP contribution in [0.25, 0.3) is 0 Å². The molecule has 0 aromatic heterocycles. The molecular formula is C23H29N3O4S. The molecule has 0 bridgehead atoms. The molecule has 8 heteroatoms. The summed E-state index contributed by atoms with van der Waals surface area (Å²) < 4.78 is 33.0. The van der Waals surface area contributed by atoms with Gasteiger partial charge >= 0.3 is 0 Å². The van der Waals surface area contributed by atoms with Crippen LogP contribution in [0, 0.1) is 0 Å². The van der Waals surface area contributed by atoms with Crippen LogP contribution in [0.3, 0.4) is 0 Å². The van der Waals surface area contributed by atoms with Gasteiger partial charge in [-0.25, -0.2) is 13.1 Å². The third kappa shape index (κ3) is 5.92. The molecule has 1 amide bonds. The summed E-state index contributed by atoms with van der Waals surface area (Å²) in [4.78, 5) is 15.1. The van der Waals surface area contributed by atoms with Gasteiger partial charge in [0.2, 0.25) is 10.0 Å². The SMILES string of the molecule is O=C(NC1CCN(Cc2ccccc2)C1)c1ccc(S(=O)(=O)NCC2CCCO2)cc1. The van der Waals surface area contributed by atoms with Crippen LogP contribution in [0.5, 0.6) is 0 Å². The molecule has 7 nitrogen and oxygen atoms in total. The van der Waals surface area contributed by atoms with E-state index in [0.29, 0.717) is 12.2 Å². The van der Waals surface area contributed by atoms with Crippen molar-refractivity contribution < 1.29 is 17.9 Å². The van der Waals surface area contributed by atoms with E-state index in [9.17, 15) is 13.2 Å². The molecule has 2 heterocycles. The summed E-state index contributed by atoms with van der Waals surface area (Å²) in [6.07, 6.45) is 2.66. The predicted octanol–water partition coefficient (Wildman–Crippen LogP) is 2.15. The first kappa shape index (κ1) is 22.0. The zero-order valence-electron chi connectivity index (χ0n) is 17.5. The molecule has 2 atom stereocenters. The van der Waals surface area contributed by atoms with Crippen molar-refractivity contribution in [2.45, 2.75) is 42.8 Å². The van der Waals surface area contributed by atoms with Gasteiger partial charge in [-0.1, -0.05) is 30.3 Å². The van der Waals surface area contributed by atoms with Crippen molar-refractivity contribution in [3.05, 3.63) is 65.7 Å². The van der Waals surface area contributed by atoms with E-state index in [-0.39, 0.29) is 29.5 Å². The summed E-state index contributed by atoms with van der Waals surface area (Å²) in [6, 6.07) is 16.5. The Hall–Kier alpha value is -2.26. The molecule has 2 aliphatic heterocycles. The van der Waals surface area contributed by atoms with Crippen LogP contribution in [0.4, 0.5) is 0 Å². The van der Waals surface area contributed by atoms with Gasteiger partial charge in [0.15, 0.2) is 0 Å². The van der Waals surface area contributed by atoms with E-state index in [4.69, 9.17) is 4.74 Å². The van der Waals surface area contributed by atoms with E-state index in [1.165, 1.54) is 17.7 Å². The van der Waals surface area contributed by atoms with E-state index in [2.05, 4.69) is 27.1 Å². The molecule has 31 heavy (non-hydrogen) atoms. The first-order valence-electron chi connectivity index (χ1n) is 10.8. The van der Waals surface area contributed by atoms with Gasteiger partial charge < -0.3 is 10.1 Å². The lowest BCUT2D eigenvalue weighted by atomic mass is 10.2. The fourth-order valence-electron chi connectivity index (χ4n) is 4.08. The van der Waals surface area contributed by atoms with Gasteiger partial charge in [0.1, 0.15) is 0 Å². The van der Waals surface area contributed by atoms with Crippen molar-refractivity contribution in [3.8, 4) is 0 Å². The summed E-state index contributed by atoms with van der Waals surface area (Å²) >= 11 is 0. The normalized spacial score (nSPS) is 21.9. The van der Waals surface area contributed by atoms with Crippen molar-refractivity contribution in [1.82, 2.24) is 14.9 Å². The van der Waals surface area contributed by atoms with Crippen LogP contribution < -0.4 is 10.0 Å². The fourth-order valence-corrected chi connectivity index (χ4v) is 5.15. The van der Waals surface area contributed by atoms with Gasteiger partial charge in [0, 0.05) is 44.4 Å². The van der Waals surface area contributed by atoms with Gasteiger partial charge in [-0.2, -0.15) is 0 Å². The Morgan fingerprint density at radius 2 is 1.84 bits per heavy atom. The first-order chi connectivity index (χ1) is 15.0. The summed E-state index contributed by atoms with van der Waals surface area (Å²) in [5.41, 5.74) is 1.72. The van der Waals surface area contributed by atoms with Gasteiger partial charge in [-0.05, 0) is 49.1 Å². The van der Waals surface area contributed by atoms with Crippen LogP contribution >= 0.6 is 0 Å². The maximum Gasteiger partial charge on any atom is 0.251 e. The molecule has 0 saturated carbocycles. The highest BCUT2D eigenvalue weighted by molar-refractivity contribution is 7.89. The summed E-state index contributed by atoms with van der Waals surface area (Å²) in [5, 5.41) is 3.07. The summed E-state index contributed by atoms with van der Waals surface area (Å²) in [5.74, 6) is -0.178. The van der Waals surface area contributed by atoms with E-state index in [1.807, 2.05) is 18.2 Å². The van der Waals surface area contributed by atoms with Crippen molar-refractivity contribution in [1.29, 1.82) is 0 Å². The number of sulfonamides is 1. The number of ether oxygens (including phenoxy) is 1. The zero-order valence-corrected chi connectivity index (χ0v) is 18.3. The van der Waals surface area contributed by atoms with Crippen molar-refractivity contribution in [2.24, 2.45) is 0 Å². The Kier molecular flexibility index (Phi) is 7.02. The first-order valence-corrected chi connectivity index (χ1v) is 12.3. The molecule has 2 aliphatic rings. The van der Waals surface area contributed by atoms with Gasteiger partial charge in [0.25, 0.3) is 5.91 Å². The minimum absolute atomic E-state index is 0.0623. The number of likely N-dealkylation sites (tertiary alicyclic amines) is 1. The third-order valence-electron chi connectivity index (χ3n) is 5.81. The number of nitrogens with one attached hydrogen (secondary N) is 2. The molecular weight excluding hydrogens is 414 g/mol. The topological polar surface area (TPSA) is 87.7 Å². The molecule has 0 radical (unpaired) electrons. The number of amides is 1. The average Bonchev–Trinajstić information content (AvgIpc) is 3.45. The van der Waals surface area contributed by atoms with Gasteiger partial charge in [-0.15, -0.1) is 0 Å². The molecule has 2 unspecified atom stereocenters. The number of nitrogens with zero attached hydrogens (tertiary/aromatic N) is 1. The Morgan fingerprint density at radius 3 is 2.55 bits per heavy atom. The highest BCUT2D eigenvalue weighted by atomic mass is 32.2. The molecule has 4 rings (SSSR count). The van der Waals surface area contributed by atoms with E-state index < -0.39 is 10.0 Å². The van der Waals surface area contributed by atoms with E-state index >= 15 is 0 Å². The van der Waals surface area contributed by atoms with Crippen molar-refractivity contribution in [2.75, 3.05) is 26.2 Å². The molecule has 2 fully saturated rings. The maximum absolute atomic E-state index is 12.6. The largest absolute Gasteiger partial charge is 0.377 e. The van der Waals surface area contributed by atoms with Crippen molar-refractivity contribution >= 4 is 15.9 Å².